The lowest BCUT2D eigenvalue weighted by atomic mass is 10.1. The lowest BCUT2D eigenvalue weighted by molar-refractivity contribution is -0.130. The predicted octanol–water partition coefficient (Wildman–Crippen LogP) is 2.37. The third kappa shape index (κ3) is 3.23. The molecule has 2 aromatic rings. The first kappa shape index (κ1) is 17.7. The zero-order chi connectivity index (χ0) is 19.0. The van der Waals surface area contributed by atoms with E-state index < -0.39 is 18.4 Å². The molecule has 0 bridgehead atoms. The van der Waals surface area contributed by atoms with Gasteiger partial charge in [-0.1, -0.05) is 0 Å². The number of hydrogen-bond acceptors (Lipinski definition) is 5. The van der Waals surface area contributed by atoms with Crippen molar-refractivity contribution in [2.75, 3.05) is 36.6 Å². The highest BCUT2D eigenvalue weighted by molar-refractivity contribution is 5.95. The average Bonchev–Trinajstić information content (AvgIpc) is 2.98. The van der Waals surface area contributed by atoms with E-state index in [1.807, 2.05) is 29.7 Å². The summed E-state index contributed by atoms with van der Waals surface area (Å²) in [6.07, 6.45) is -1.08. The third-order valence-electron chi connectivity index (χ3n) is 4.61. The zero-order valence-corrected chi connectivity index (χ0v) is 14.8. The van der Waals surface area contributed by atoms with Crippen molar-refractivity contribution in [3.63, 3.8) is 0 Å². The fraction of sp³-hybridized carbons (Fsp3) is 0.444. The highest BCUT2D eigenvalue weighted by Gasteiger charge is 2.38. The van der Waals surface area contributed by atoms with Gasteiger partial charge in [-0.25, -0.2) is 13.8 Å². The molecule has 0 saturated carbocycles. The second kappa shape index (κ2) is 7.15. The van der Waals surface area contributed by atoms with Crippen molar-refractivity contribution in [1.29, 1.82) is 0 Å². The van der Waals surface area contributed by atoms with Gasteiger partial charge < -0.3 is 19.4 Å². The van der Waals surface area contributed by atoms with Crippen LogP contribution in [0.4, 0.5) is 20.3 Å². The van der Waals surface area contributed by atoms with Gasteiger partial charge in [0.2, 0.25) is 0 Å². The molecule has 1 aromatic heterocycles. The van der Waals surface area contributed by atoms with Crippen molar-refractivity contribution in [3.05, 3.63) is 24.4 Å². The number of amides is 1. The molecule has 1 fully saturated rings. The second-order valence-electron chi connectivity index (χ2n) is 6.39. The van der Waals surface area contributed by atoms with Crippen LogP contribution in [0.2, 0.25) is 0 Å². The Morgan fingerprint density at radius 1 is 1.41 bits per heavy atom. The Kier molecular flexibility index (Phi) is 4.69. The van der Waals surface area contributed by atoms with Crippen molar-refractivity contribution in [1.82, 2.24) is 9.55 Å². The van der Waals surface area contributed by atoms with E-state index in [4.69, 9.17) is 9.47 Å². The number of carbonyl (C=O) groups excluding carboxylic acids is 1. The standard InChI is InChI=1S/C18H20F2N4O3/c1-2-21-11-3-4-12-14(7-11)27-6-5-23-8-15(22-18(12)23)24-13(17(19)20)9-26-10-16(24)25/h3-4,7-8,13,17,21H,2,5-6,9-10H2,1H3. The highest BCUT2D eigenvalue weighted by atomic mass is 19.3. The smallest absolute Gasteiger partial charge is 0.261 e. The van der Waals surface area contributed by atoms with Crippen LogP contribution >= 0.6 is 0 Å². The van der Waals surface area contributed by atoms with Crippen LogP contribution in [0.15, 0.2) is 24.4 Å². The van der Waals surface area contributed by atoms with Crippen LogP contribution in [0.1, 0.15) is 6.92 Å². The number of carbonyl (C=O) groups is 1. The van der Waals surface area contributed by atoms with Crippen LogP contribution in [0, 0.1) is 0 Å². The maximum atomic E-state index is 13.4. The van der Waals surface area contributed by atoms with Gasteiger partial charge in [0, 0.05) is 24.5 Å². The lowest BCUT2D eigenvalue weighted by Gasteiger charge is -2.33. The maximum Gasteiger partial charge on any atom is 0.261 e. The lowest BCUT2D eigenvalue weighted by Crippen LogP contribution is -2.53. The number of rotatable bonds is 4. The van der Waals surface area contributed by atoms with Crippen LogP contribution in [-0.2, 0) is 16.1 Å². The minimum Gasteiger partial charge on any atom is -0.491 e. The molecule has 9 heteroatoms. The number of aromatic nitrogens is 2. The molecule has 0 spiro atoms. The number of alkyl halides is 2. The fourth-order valence-corrected chi connectivity index (χ4v) is 3.38. The summed E-state index contributed by atoms with van der Waals surface area (Å²) < 4.78 is 39.4. The number of nitrogens with one attached hydrogen (secondary N) is 1. The summed E-state index contributed by atoms with van der Waals surface area (Å²) in [5.74, 6) is 0.960. The van der Waals surface area contributed by atoms with Crippen molar-refractivity contribution in [2.24, 2.45) is 0 Å². The number of ether oxygens (including phenoxy) is 2. The van der Waals surface area contributed by atoms with E-state index in [9.17, 15) is 13.6 Å². The van der Waals surface area contributed by atoms with Crippen LogP contribution in [-0.4, -0.2) is 54.3 Å². The molecule has 1 N–H and O–H groups in total. The predicted molar refractivity (Wildman–Crippen MR) is 95.4 cm³/mol. The van der Waals surface area contributed by atoms with Gasteiger partial charge in [0.1, 0.15) is 30.8 Å². The van der Waals surface area contributed by atoms with Gasteiger partial charge in [-0.2, -0.15) is 0 Å². The SMILES string of the molecule is CCNc1ccc2c(c1)OCCn1cc(N3C(=O)COCC3C(F)F)nc1-2. The van der Waals surface area contributed by atoms with Crippen LogP contribution in [0.3, 0.4) is 0 Å². The number of anilines is 2. The number of fused-ring (bicyclic) bond motifs is 3. The first-order chi connectivity index (χ1) is 13.1. The van der Waals surface area contributed by atoms with Gasteiger partial charge in [0.05, 0.1) is 18.7 Å². The van der Waals surface area contributed by atoms with E-state index in [2.05, 4.69) is 10.3 Å². The van der Waals surface area contributed by atoms with Gasteiger partial charge in [0.25, 0.3) is 12.3 Å². The average molecular weight is 378 g/mol. The second-order valence-corrected chi connectivity index (χ2v) is 6.39. The molecule has 0 radical (unpaired) electrons. The molecule has 1 atom stereocenters. The molecule has 7 nitrogen and oxygen atoms in total. The molecule has 1 aromatic carbocycles. The maximum absolute atomic E-state index is 13.4. The molecule has 3 heterocycles. The van der Waals surface area contributed by atoms with Crippen LogP contribution in [0.5, 0.6) is 5.75 Å². The molecule has 1 unspecified atom stereocenters. The van der Waals surface area contributed by atoms with Crippen LogP contribution in [0.25, 0.3) is 11.4 Å². The van der Waals surface area contributed by atoms with E-state index >= 15 is 0 Å². The fourth-order valence-electron chi connectivity index (χ4n) is 3.38. The van der Waals surface area contributed by atoms with E-state index in [-0.39, 0.29) is 19.0 Å². The quantitative estimate of drug-likeness (QED) is 0.885. The van der Waals surface area contributed by atoms with Crippen LogP contribution < -0.4 is 15.0 Å². The Hall–Kier alpha value is -2.68. The molecular formula is C18H20F2N4O3. The van der Waals surface area contributed by atoms with Gasteiger partial charge >= 0.3 is 0 Å². The topological polar surface area (TPSA) is 68.6 Å². The molecule has 144 valence electrons. The zero-order valence-electron chi connectivity index (χ0n) is 14.8. The van der Waals surface area contributed by atoms with E-state index in [0.29, 0.717) is 24.7 Å². The Morgan fingerprint density at radius 2 is 2.26 bits per heavy atom. The summed E-state index contributed by atoms with van der Waals surface area (Å²) in [5.41, 5.74) is 1.69. The number of benzene rings is 1. The largest absolute Gasteiger partial charge is 0.491 e. The number of morpholine rings is 1. The molecular weight excluding hydrogens is 358 g/mol. The third-order valence-corrected chi connectivity index (χ3v) is 4.61. The Labute approximate surface area is 154 Å². The van der Waals surface area contributed by atoms with Gasteiger partial charge in [-0.15, -0.1) is 0 Å². The summed E-state index contributed by atoms with van der Waals surface area (Å²) in [6, 6.07) is 4.35. The molecule has 1 saturated heterocycles. The summed E-state index contributed by atoms with van der Waals surface area (Å²) in [7, 11) is 0. The van der Waals surface area contributed by atoms with Gasteiger partial charge in [-0.05, 0) is 19.1 Å². The summed E-state index contributed by atoms with van der Waals surface area (Å²) in [5, 5.41) is 3.23. The van der Waals surface area contributed by atoms with E-state index in [0.717, 1.165) is 22.7 Å². The number of hydrogen-bond donors (Lipinski definition) is 1. The summed E-state index contributed by atoms with van der Waals surface area (Å²) in [6.45, 7) is 3.27. The summed E-state index contributed by atoms with van der Waals surface area (Å²) >= 11 is 0. The Balaban J connectivity index is 1.74. The van der Waals surface area contributed by atoms with Crippen molar-refractivity contribution >= 4 is 17.4 Å². The summed E-state index contributed by atoms with van der Waals surface area (Å²) in [4.78, 5) is 17.8. The normalized spacial score (nSPS) is 19.3. The first-order valence-corrected chi connectivity index (χ1v) is 8.84. The minimum absolute atomic E-state index is 0.211. The van der Waals surface area contributed by atoms with Gasteiger partial charge in [0.15, 0.2) is 5.82 Å². The molecule has 4 rings (SSSR count). The van der Waals surface area contributed by atoms with E-state index in [1.165, 1.54) is 0 Å². The molecule has 0 aliphatic carbocycles. The molecule has 27 heavy (non-hydrogen) atoms. The number of nitrogens with zero attached hydrogens (tertiary/aromatic N) is 3. The molecule has 1 amide bonds. The van der Waals surface area contributed by atoms with Crippen molar-refractivity contribution in [3.8, 4) is 17.1 Å². The van der Waals surface area contributed by atoms with E-state index in [1.54, 1.807) is 6.20 Å². The Bertz CT molecular complexity index is 855. The Morgan fingerprint density at radius 3 is 3.04 bits per heavy atom. The van der Waals surface area contributed by atoms with Crippen molar-refractivity contribution < 1.29 is 23.0 Å². The molecule has 2 aliphatic rings. The number of imidazole rings is 1. The first-order valence-electron chi connectivity index (χ1n) is 8.84. The highest BCUT2D eigenvalue weighted by Crippen LogP contribution is 2.36. The molecule has 2 aliphatic heterocycles. The van der Waals surface area contributed by atoms with Crippen molar-refractivity contribution in [2.45, 2.75) is 25.9 Å². The van der Waals surface area contributed by atoms with Gasteiger partial charge in [-0.3, -0.25) is 9.69 Å². The number of halogens is 2. The monoisotopic (exact) mass is 378 g/mol. The minimum atomic E-state index is -2.71.